The summed E-state index contributed by atoms with van der Waals surface area (Å²) in [5.41, 5.74) is 0.795. The van der Waals surface area contributed by atoms with Gasteiger partial charge in [-0.25, -0.2) is 4.98 Å². The molecule has 0 bridgehead atoms. The second-order valence-corrected chi connectivity index (χ2v) is 4.25. The van der Waals surface area contributed by atoms with Crippen molar-refractivity contribution < 1.29 is 0 Å². The van der Waals surface area contributed by atoms with Gasteiger partial charge in [0, 0.05) is 31.4 Å². The summed E-state index contributed by atoms with van der Waals surface area (Å²) in [6.45, 7) is 5.76. The minimum absolute atomic E-state index is 0.579. The van der Waals surface area contributed by atoms with E-state index in [0.29, 0.717) is 5.88 Å². The molecule has 0 spiro atoms. The number of nitrogens with zero attached hydrogens (tertiary/aromatic N) is 5. The highest BCUT2D eigenvalue weighted by Crippen LogP contribution is 2.17. The fourth-order valence-electron chi connectivity index (χ4n) is 1.85. The molecular formula is C11H16ClN5. The molecule has 0 aliphatic carbocycles. The minimum atomic E-state index is 0.579. The molecule has 6 heteroatoms. The fourth-order valence-corrected chi connectivity index (χ4v) is 2.05. The first kappa shape index (κ1) is 12.1. The Morgan fingerprint density at radius 1 is 1.35 bits per heavy atom. The van der Waals surface area contributed by atoms with E-state index in [1.807, 2.05) is 17.5 Å². The van der Waals surface area contributed by atoms with E-state index in [1.165, 1.54) is 0 Å². The first-order chi connectivity index (χ1) is 8.27. The van der Waals surface area contributed by atoms with Crippen molar-refractivity contribution in [3.8, 4) is 0 Å². The monoisotopic (exact) mass is 253 g/mol. The van der Waals surface area contributed by atoms with Gasteiger partial charge in [-0.2, -0.15) is 0 Å². The maximum Gasteiger partial charge on any atom is 0.203 e. The van der Waals surface area contributed by atoms with Crippen molar-refractivity contribution in [1.29, 1.82) is 0 Å². The van der Waals surface area contributed by atoms with E-state index in [2.05, 4.69) is 27.0 Å². The minimum Gasteiger partial charge on any atom is -0.352 e. The highest BCUT2D eigenvalue weighted by atomic mass is 35.5. The van der Waals surface area contributed by atoms with E-state index in [-0.39, 0.29) is 0 Å². The van der Waals surface area contributed by atoms with Crippen LogP contribution in [0.2, 0.25) is 0 Å². The number of aryl methyl sites for hydroxylation is 1. The number of hydrogen-bond acceptors (Lipinski definition) is 4. The molecule has 17 heavy (non-hydrogen) atoms. The average Bonchev–Trinajstić information content (AvgIpc) is 2.71. The molecule has 0 radical (unpaired) electrons. The second kappa shape index (κ2) is 5.31. The topological polar surface area (TPSA) is 46.3 Å². The van der Waals surface area contributed by atoms with Gasteiger partial charge in [-0.1, -0.05) is 6.92 Å². The van der Waals surface area contributed by atoms with Gasteiger partial charge < -0.3 is 4.90 Å². The SMILES string of the molecule is CCCN(CCCl)c1nccn2c(C)nnc12. The van der Waals surface area contributed by atoms with E-state index in [4.69, 9.17) is 11.6 Å². The smallest absolute Gasteiger partial charge is 0.203 e. The Bertz CT molecular complexity index is 490. The molecule has 2 rings (SSSR count). The van der Waals surface area contributed by atoms with Crippen LogP contribution in [0.15, 0.2) is 12.4 Å². The summed E-state index contributed by atoms with van der Waals surface area (Å²) in [6, 6.07) is 0. The van der Waals surface area contributed by atoms with Crippen molar-refractivity contribution in [3.63, 3.8) is 0 Å². The molecule has 5 nitrogen and oxygen atoms in total. The molecular weight excluding hydrogens is 238 g/mol. The highest BCUT2D eigenvalue weighted by Gasteiger charge is 2.13. The fraction of sp³-hybridized carbons (Fsp3) is 0.545. The van der Waals surface area contributed by atoms with Gasteiger partial charge in [0.2, 0.25) is 5.65 Å². The van der Waals surface area contributed by atoms with Gasteiger partial charge in [-0.3, -0.25) is 4.40 Å². The lowest BCUT2D eigenvalue weighted by molar-refractivity contribution is 0.779. The molecule has 0 N–H and O–H groups in total. The third-order valence-corrected chi connectivity index (χ3v) is 2.80. The van der Waals surface area contributed by atoms with Crippen molar-refractivity contribution in [1.82, 2.24) is 19.6 Å². The van der Waals surface area contributed by atoms with Crippen molar-refractivity contribution in [2.75, 3.05) is 23.9 Å². The summed E-state index contributed by atoms with van der Waals surface area (Å²) in [5.74, 6) is 2.30. The third kappa shape index (κ3) is 2.34. The van der Waals surface area contributed by atoms with Gasteiger partial charge in [0.1, 0.15) is 5.82 Å². The zero-order chi connectivity index (χ0) is 12.3. The lowest BCUT2D eigenvalue weighted by Crippen LogP contribution is -2.27. The largest absolute Gasteiger partial charge is 0.352 e. The molecule has 2 aromatic rings. The number of anilines is 1. The van der Waals surface area contributed by atoms with Crippen LogP contribution in [0.3, 0.4) is 0 Å². The maximum atomic E-state index is 5.83. The van der Waals surface area contributed by atoms with Gasteiger partial charge in [-0.05, 0) is 13.3 Å². The predicted octanol–water partition coefficient (Wildman–Crippen LogP) is 1.89. The van der Waals surface area contributed by atoms with Crippen LogP contribution in [0.1, 0.15) is 19.2 Å². The number of halogens is 1. The third-order valence-electron chi connectivity index (χ3n) is 2.63. The predicted molar refractivity (Wildman–Crippen MR) is 68.7 cm³/mol. The molecule has 2 heterocycles. The Morgan fingerprint density at radius 2 is 2.18 bits per heavy atom. The number of alkyl halides is 1. The zero-order valence-electron chi connectivity index (χ0n) is 10.1. The Labute approximate surface area is 105 Å². The molecule has 0 amide bonds. The van der Waals surface area contributed by atoms with Gasteiger partial charge in [0.05, 0.1) is 0 Å². The number of aromatic nitrogens is 4. The molecule has 0 aromatic carbocycles. The lowest BCUT2D eigenvalue weighted by atomic mass is 10.4. The van der Waals surface area contributed by atoms with Crippen molar-refractivity contribution in [2.45, 2.75) is 20.3 Å². The molecule has 0 fully saturated rings. The Balaban J connectivity index is 2.44. The van der Waals surface area contributed by atoms with Crippen LogP contribution in [0.4, 0.5) is 5.82 Å². The summed E-state index contributed by atoms with van der Waals surface area (Å²) >= 11 is 5.83. The van der Waals surface area contributed by atoms with Gasteiger partial charge in [0.15, 0.2) is 5.82 Å². The molecule has 2 aromatic heterocycles. The second-order valence-electron chi connectivity index (χ2n) is 3.87. The summed E-state index contributed by atoms with van der Waals surface area (Å²) in [5, 5.41) is 8.24. The first-order valence-corrected chi connectivity index (χ1v) is 6.28. The van der Waals surface area contributed by atoms with E-state index in [9.17, 15) is 0 Å². The molecule has 0 saturated carbocycles. The van der Waals surface area contributed by atoms with Crippen molar-refractivity contribution in [2.24, 2.45) is 0 Å². The Morgan fingerprint density at radius 3 is 2.88 bits per heavy atom. The maximum absolute atomic E-state index is 5.83. The standard InChI is InChI=1S/C11H16ClN5/c1-3-6-16(7-4-12)10-11-15-14-9(2)17(11)8-5-13-10/h5,8H,3-4,6-7H2,1-2H3. The van der Waals surface area contributed by atoms with E-state index in [0.717, 1.165) is 36.8 Å². The summed E-state index contributed by atoms with van der Waals surface area (Å²) in [6.07, 6.45) is 4.70. The number of hydrogen-bond donors (Lipinski definition) is 0. The molecule has 0 atom stereocenters. The lowest BCUT2D eigenvalue weighted by Gasteiger charge is -2.21. The van der Waals surface area contributed by atoms with Crippen LogP contribution >= 0.6 is 11.6 Å². The van der Waals surface area contributed by atoms with Crippen LogP contribution in [0.25, 0.3) is 5.65 Å². The van der Waals surface area contributed by atoms with Crippen molar-refractivity contribution >= 4 is 23.1 Å². The first-order valence-electron chi connectivity index (χ1n) is 5.75. The summed E-state index contributed by atoms with van der Waals surface area (Å²) < 4.78 is 1.94. The van der Waals surface area contributed by atoms with E-state index < -0.39 is 0 Å². The molecule has 0 saturated heterocycles. The number of fused-ring (bicyclic) bond motifs is 1. The average molecular weight is 254 g/mol. The Hall–Kier alpha value is -1.36. The number of rotatable bonds is 5. The van der Waals surface area contributed by atoms with Gasteiger partial charge in [-0.15, -0.1) is 21.8 Å². The van der Waals surface area contributed by atoms with Gasteiger partial charge >= 0.3 is 0 Å². The Kier molecular flexibility index (Phi) is 3.78. The molecule has 0 unspecified atom stereocenters. The van der Waals surface area contributed by atoms with E-state index >= 15 is 0 Å². The van der Waals surface area contributed by atoms with Crippen LogP contribution in [0, 0.1) is 6.92 Å². The quantitative estimate of drug-likeness (QED) is 0.764. The van der Waals surface area contributed by atoms with Crippen LogP contribution < -0.4 is 4.90 Å². The van der Waals surface area contributed by atoms with Crippen LogP contribution in [-0.4, -0.2) is 38.6 Å². The normalized spacial score (nSPS) is 11.0. The summed E-state index contributed by atoms with van der Waals surface area (Å²) in [4.78, 5) is 6.55. The van der Waals surface area contributed by atoms with Crippen molar-refractivity contribution in [3.05, 3.63) is 18.2 Å². The zero-order valence-corrected chi connectivity index (χ0v) is 10.9. The van der Waals surface area contributed by atoms with Gasteiger partial charge in [0.25, 0.3) is 0 Å². The van der Waals surface area contributed by atoms with E-state index in [1.54, 1.807) is 6.20 Å². The molecule has 0 aliphatic heterocycles. The van der Waals surface area contributed by atoms with Crippen LogP contribution in [-0.2, 0) is 0 Å². The summed E-state index contributed by atoms with van der Waals surface area (Å²) in [7, 11) is 0. The van der Waals surface area contributed by atoms with Crippen LogP contribution in [0.5, 0.6) is 0 Å². The molecule has 0 aliphatic rings. The highest BCUT2D eigenvalue weighted by molar-refractivity contribution is 6.18. The molecule has 92 valence electrons.